The van der Waals surface area contributed by atoms with Gasteiger partial charge in [-0.1, -0.05) is 0 Å². The second kappa shape index (κ2) is 9.33. The number of aromatic nitrogens is 1. The second-order valence-electron chi connectivity index (χ2n) is 7.19. The largest absolute Gasteiger partial charge is 0.478 e. The highest BCUT2D eigenvalue weighted by Crippen LogP contribution is 2.26. The lowest BCUT2D eigenvalue weighted by Crippen LogP contribution is -2.42. The molecule has 9 nitrogen and oxygen atoms in total. The van der Waals surface area contributed by atoms with E-state index in [1.54, 1.807) is 18.5 Å². The minimum Gasteiger partial charge on any atom is -0.478 e. The number of rotatable bonds is 4. The van der Waals surface area contributed by atoms with E-state index < -0.39 is 11.9 Å². The molecule has 5 heterocycles. The van der Waals surface area contributed by atoms with E-state index in [-0.39, 0.29) is 11.9 Å². The number of carboxylic acids is 2. The number of amides is 1. The van der Waals surface area contributed by atoms with Crippen LogP contribution in [0, 0.1) is 5.92 Å². The average molecular weight is 401 g/mol. The molecule has 1 atom stereocenters. The molecule has 0 aromatic carbocycles. The van der Waals surface area contributed by atoms with E-state index in [1.165, 1.54) is 25.9 Å². The third-order valence-electron chi connectivity index (χ3n) is 5.08. The van der Waals surface area contributed by atoms with Gasteiger partial charge in [-0.05, 0) is 50.4 Å². The predicted octanol–water partition coefficient (Wildman–Crippen LogP) is 1.75. The molecular weight excluding hydrogens is 378 g/mol. The summed E-state index contributed by atoms with van der Waals surface area (Å²) in [7, 11) is 0. The van der Waals surface area contributed by atoms with Crippen LogP contribution in [0.5, 0.6) is 0 Å². The topological polar surface area (TPSA) is 133 Å². The SMILES string of the molecule is O=C(NC1CC2CCN(CC2)C1)c1cc2ccoc2cn1.O=C(O)C=CC(=O)O. The maximum Gasteiger partial charge on any atom is 0.328 e. The number of hydrogen-bond donors (Lipinski definition) is 3. The molecule has 2 aromatic heterocycles. The van der Waals surface area contributed by atoms with E-state index in [0.717, 1.165) is 24.3 Å². The van der Waals surface area contributed by atoms with Crippen molar-refractivity contribution in [3.05, 3.63) is 42.4 Å². The number of carboxylic acid groups (broad SMARTS) is 2. The standard InChI is InChI=1S/C16H19N3O2.C4H4O4/c20-16(14-8-12-3-6-21-15(12)9-17-14)18-13-7-11-1-4-19(10-13)5-2-11;5-3(6)1-2-4(7)8/h3,6,8-9,11,13H,1-2,4-5,7,10H2,(H,18,20);1-2H,(H,5,6)(H,7,8). The summed E-state index contributed by atoms with van der Waals surface area (Å²) in [6.45, 7) is 3.32. The summed E-state index contributed by atoms with van der Waals surface area (Å²) in [5, 5.41) is 19.7. The van der Waals surface area contributed by atoms with Gasteiger partial charge in [0.1, 0.15) is 5.69 Å². The van der Waals surface area contributed by atoms with Crippen molar-refractivity contribution in [2.45, 2.75) is 25.3 Å². The summed E-state index contributed by atoms with van der Waals surface area (Å²) in [5.41, 5.74) is 1.18. The van der Waals surface area contributed by atoms with Gasteiger partial charge in [0.15, 0.2) is 5.58 Å². The molecule has 0 spiro atoms. The monoisotopic (exact) mass is 401 g/mol. The summed E-state index contributed by atoms with van der Waals surface area (Å²) in [4.78, 5) is 38.2. The number of pyridine rings is 1. The zero-order chi connectivity index (χ0) is 20.8. The zero-order valence-corrected chi connectivity index (χ0v) is 15.8. The van der Waals surface area contributed by atoms with Gasteiger partial charge in [0.2, 0.25) is 0 Å². The first-order valence-corrected chi connectivity index (χ1v) is 9.41. The quantitative estimate of drug-likeness (QED) is 0.660. The fourth-order valence-electron chi connectivity index (χ4n) is 3.69. The van der Waals surface area contributed by atoms with Crippen LogP contribution in [0.15, 0.2) is 41.2 Å². The predicted molar refractivity (Wildman–Crippen MR) is 103 cm³/mol. The van der Waals surface area contributed by atoms with E-state index in [2.05, 4.69) is 15.2 Å². The van der Waals surface area contributed by atoms with E-state index in [0.29, 0.717) is 23.4 Å². The first-order valence-electron chi connectivity index (χ1n) is 9.41. The smallest absolute Gasteiger partial charge is 0.328 e. The fourth-order valence-corrected chi connectivity index (χ4v) is 3.69. The van der Waals surface area contributed by atoms with Crippen molar-refractivity contribution < 1.29 is 29.0 Å². The number of fused-ring (bicyclic) bond motifs is 5. The van der Waals surface area contributed by atoms with Gasteiger partial charge < -0.3 is 24.8 Å². The summed E-state index contributed by atoms with van der Waals surface area (Å²) in [5.74, 6) is -1.83. The molecule has 3 saturated heterocycles. The molecule has 3 aliphatic heterocycles. The van der Waals surface area contributed by atoms with Crippen molar-refractivity contribution in [1.29, 1.82) is 0 Å². The molecule has 0 saturated carbocycles. The Labute approximate surface area is 167 Å². The highest BCUT2D eigenvalue weighted by molar-refractivity contribution is 5.95. The van der Waals surface area contributed by atoms with Crippen molar-refractivity contribution >= 4 is 28.8 Å². The van der Waals surface area contributed by atoms with Crippen molar-refractivity contribution in [1.82, 2.24) is 15.2 Å². The van der Waals surface area contributed by atoms with Gasteiger partial charge in [-0.3, -0.25) is 4.79 Å². The van der Waals surface area contributed by atoms with Gasteiger partial charge in [-0.25, -0.2) is 14.6 Å². The van der Waals surface area contributed by atoms with Gasteiger partial charge in [0, 0.05) is 30.1 Å². The van der Waals surface area contributed by atoms with Gasteiger partial charge in [-0.15, -0.1) is 0 Å². The minimum absolute atomic E-state index is 0.0781. The number of nitrogens with zero attached hydrogens (tertiary/aromatic N) is 2. The van der Waals surface area contributed by atoms with Crippen LogP contribution in [0.4, 0.5) is 0 Å². The Morgan fingerprint density at radius 2 is 1.86 bits per heavy atom. The fraction of sp³-hybridized carbons (Fsp3) is 0.400. The minimum atomic E-state index is -1.26. The molecule has 5 rings (SSSR count). The van der Waals surface area contributed by atoms with Crippen LogP contribution in [-0.4, -0.2) is 63.6 Å². The Hall–Kier alpha value is -3.20. The Kier molecular flexibility index (Phi) is 6.61. The van der Waals surface area contributed by atoms with Crippen LogP contribution < -0.4 is 5.32 Å². The van der Waals surface area contributed by atoms with E-state index in [9.17, 15) is 14.4 Å². The number of furan rings is 1. The summed E-state index contributed by atoms with van der Waals surface area (Å²) < 4.78 is 5.25. The Morgan fingerprint density at radius 1 is 1.17 bits per heavy atom. The van der Waals surface area contributed by atoms with Gasteiger partial charge in [0.25, 0.3) is 5.91 Å². The lowest BCUT2D eigenvalue weighted by atomic mass is 9.94. The summed E-state index contributed by atoms with van der Waals surface area (Å²) >= 11 is 0. The number of carbonyl (C=O) groups is 3. The molecule has 29 heavy (non-hydrogen) atoms. The van der Waals surface area contributed by atoms with E-state index in [1.807, 2.05) is 6.07 Å². The second-order valence-corrected chi connectivity index (χ2v) is 7.19. The molecule has 3 N–H and O–H groups in total. The van der Waals surface area contributed by atoms with Gasteiger partial charge in [-0.2, -0.15) is 0 Å². The maximum absolute atomic E-state index is 12.4. The Morgan fingerprint density at radius 3 is 2.52 bits per heavy atom. The van der Waals surface area contributed by atoms with Gasteiger partial charge >= 0.3 is 11.9 Å². The number of nitrogens with one attached hydrogen (secondary N) is 1. The van der Waals surface area contributed by atoms with Crippen molar-refractivity contribution in [3.8, 4) is 0 Å². The zero-order valence-electron chi connectivity index (χ0n) is 15.8. The molecule has 154 valence electrons. The van der Waals surface area contributed by atoms with Gasteiger partial charge in [0.05, 0.1) is 12.5 Å². The molecule has 2 aromatic rings. The lowest BCUT2D eigenvalue weighted by molar-refractivity contribution is -0.134. The lowest BCUT2D eigenvalue weighted by Gasteiger charge is -2.26. The molecule has 3 fully saturated rings. The third-order valence-corrected chi connectivity index (χ3v) is 5.08. The highest BCUT2D eigenvalue weighted by Gasteiger charge is 2.30. The van der Waals surface area contributed by atoms with Crippen LogP contribution in [0.3, 0.4) is 0 Å². The molecule has 2 bridgehead atoms. The summed E-state index contributed by atoms with van der Waals surface area (Å²) in [6.07, 6.45) is 7.98. The normalized spacial score (nSPS) is 23.2. The first-order chi connectivity index (χ1) is 13.9. The summed E-state index contributed by atoms with van der Waals surface area (Å²) in [6, 6.07) is 3.89. The number of piperidine rings is 1. The number of carbonyl (C=O) groups excluding carboxylic acids is 1. The molecule has 1 unspecified atom stereocenters. The maximum atomic E-state index is 12.4. The van der Waals surface area contributed by atoms with E-state index >= 15 is 0 Å². The number of aliphatic carboxylic acids is 2. The molecule has 3 aliphatic rings. The van der Waals surface area contributed by atoms with E-state index in [4.69, 9.17) is 14.6 Å². The van der Waals surface area contributed by atoms with Crippen molar-refractivity contribution in [2.75, 3.05) is 19.6 Å². The molecule has 1 amide bonds. The first kappa shape index (κ1) is 20.5. The third kappa shape index (κ3) is 5.89. The number of hydrogen-bond acceptors (Lipinski definition) is 6. The van der Waals surface area contributed by atoms with Crippen molar-refractivity contribution in [2.24, 2.45) is 5.92 Å². The molecule has 0 aliphatic carbocycles. The average Bonchev–Trinajstić information content (AvgIpc) is 2.98. The van der Waals surface area contributed by atoms with Crippen molar-refractivity contribution in [3.63, 3.8) is 0 Å². The van der Waals surface area contributed by atoms with Crippen LogP contribution in [0.2, 0.25) is 0 Å². The molecule has 9 heteroatoms. The molecular formula is C20H23N3O6. The Bertz CT molecular complexity index is 884. The Balaban J connectivity index is 0.000000258. The van der Waals surface area contributed by atoms with Crippen LogP contribution >= 0.6 is 0 Å². The highest BCUT2D eigenvalue weighted by atomic mass is 16.4. The van der Waals surface area contributed by atoms with Crippen LogP contribution in [0.25, 0.3) is 11.0 Å². The van der Waals surface area contributed by atoms with Crippen LogP contribution in [0.1, 0.15) is 29.8 Å². The van der Waals surface area contributed by atoms with Crippen LogP contribution in [-0.2, 0) is 9.59 Å². The molecule has 0 radical (unpaired) electrons.